The Labute approximate surface area is 259 Å². The van der Waals surface area contributed by atoms with E-state index in [2.05, 4.69) is 5.32 Å². The quantitative estimate of drug-likeness (QED) is 0.216. The Hall–Kier alpha value is -3.28. The number of hydrogen-bond donors (Lipinski definition) is 1. The molecule has 0 fully saturated rings. The number of alkyl halides is 3. The summed E-state index contributed by atoms with van der Waals surface area (Å²) in [5, 5.41) is 2.44. The van der Waals surface area contributed by atoms with Gasteiger partial charge in [0.2, 0.25) is 11.8 Å². The minimum Gasteiger partial charge on any atom is -0.354 e. The number of aryl methyl sites for hydroxylation is 1. The van der Waals surface area contributed by atoms with Crippen molar-refractivity contribution in [2.75, 3.05) is 17.4 Å². The zero-order valence-electron chi connectivity index (χ0n) is 23.8. The fourth-order valence-electron chi connectivity index (χ4n) is 4.18. The van der Waals surface area contributed by atoms with E-state index < -0.39 is 56.9 Å². The van der Waals surface area contributed by atoms with E-state index in [1.54, 1.807) is 31.2 Å². The van der Waals surface area contributed by atoms with Crippen molar-refractivity contribution in [1.29, 1.82) is 0 Å². The lowest BCUT2D eigenvalue weighted by molar-refractivity contribution is -0.139. The third-order valence-electron chi connectivity index (χ3n) is 6.73. The van der Waals surface area contributed by atoms with E-state index in [9.17, 15) is 31.2 Å². The molecule has 1 atom stereocenters. The van der Waals surface area contributed by atoms with E-state index in [0.29, 0.717) is 33.9 Å². The van der Waals surface area contributed by atoms with Crippen LogP contribution in [-0.2, 0) is 32.3 Å². The van der Waals surface area contributed by atoms with Gasteiger partial charge in [-0.15, -0.1) is 0 Å². The summed E-state index contributed by atoms with van der Waals surface area (Å²) in [4.78, 5) is 27.9. The topological polar surface area (TPSA) is 86.8 Å². The van der Waals surface area contributed by atoms with Gasteiger partial charge in [-0.3, -0.25) is 13.9 Å². The standard InChI is InChI=1S/C30H32Cl2F3N3O4S/c1-4-5-16-36-29(40)21(3)37(18-22-8-6-7-9-26(22)31)28(39)19-38(43(41,42)24-13-10-20(2)11-14-24)23-12-15-27(32)25(17-23)30(33,34)35/h6-15,17,21H,4-5,16,18-19H2,1-3H3,(H,36,40). The Bertz CT molecular complexity index is 1550. The van der Waals surface area contributed by atoms with Gasteiger partial charge in [0.1, 0.15) is 12.6 Å². The minimum absolute atomic E-state index is 0.159. The first kappa shape index (κ1) is 34.2. The molecule has 0 aliphatic heterocycles. The third kappa shape index (κ3) is 8.64. The SMILES string of the molecule is CCCCNC(=O)C(C)N(Cc1ccccc1Cl)C(=O)CN(c1ccc(Cl)c(C(F)(F)F)c1)S(=O)(=O)c1ccc(C)cc1. The molecule has 0 bridgehead atoms. The maximum Gasteiger partial charge on any atom is 0.417 e. The summed E-state index contributed by atoms with van der Waals surface area (Å²) in [7, 11) is -4.57. The zero-order valence-corrected chi connectivity index (χ0v) is 26.1. The van der Waals surface area contributed by atoms with Gasteiger partial charge in [-0.2, -0.15) is 13.2 Å². The second kappa shape index (κ2) is 14.5. The molecule has 0 aromatic heterocycles. The molecule has 0 aliphatic carbocycles. The van der Waals surface area contributed by atoms with Crippen LogP contribution in [0, 0.1) is 6.92 Å². The number of halogens is 5. The zero-order chi connectivity index (χ0) is 31.9. The van der Waals surface area contributed by atoms with Gasteiger partial charge < -0.3 is 10.2 Å². The predicted molar refractivity (Wildman–Crippen MR) is 162 cm³/mol. The summed E-state index contributed by atoms with van der Waals surface area (Å²) in [6, 6.07) is 13.8. The molecule has 43 heavy (non-hydrogen) atoms. The highest BCUT2D eigenvalue weighted by atomic mass is 35.5. The predicted octanol–water partition coefficient (Wildman–Crippen LogP) is 6.85. The first-order valence-electron chi connectivity index (χ1n) is 13.4. The molecule has 0 aliphatic rings. The van der Waals surface area contributed by atoms with Crippen molar-refractivity contribution >= 4 is 50.7 Å². The highest BCUT2D eigenvalue weighted by molar-refractivity contribution is 7.92. The Balaban J connectivity index is 2.11. The fourth-order valence-corrected chi connectivity index (χ4v) is 6.01. The molecule has 13 heteroatoms. The molecule has 1 unspecified atom stereocenters. The number of anilines is 1. The average Bonchev–Trinajstić information content (AvgIpc) is 2.95. The van der Waals surface area contributed by atoms with Gasteiger partial charge >= 0.3 is 6.18 Å². The van der Waals surface area contributed by atoms with Crippen molar-refractivity contribution in [2.45, 2.75) is 57.3 Å². The van der Waals surface area contributed by atoms with E-state index in [4.69, 9.17) is 23.2 Å². The van der Waals surface area contributed by atoms with E-state index >= 15 is 0 Å². The van der Waals surface area contributed by atoms with Gasteiger partial charge in [-0.25, -0.2) is 8.42 Å². The van der Waals surface area contributed by atoms with Gasteiger partial charge in [-0.1, -0.05) is 72.4 Å². The number of rotatable bonds is 12. The van der Waals surface area contributed by atoms with Crippen molar-refractivity contribution in [3.05, 3.63) is 93.5 Å². The van der Waals surface area contributed by atoms with Crippen LogP contribution in [0.5, 0.6) is 0 Å². The van der Waals surface area contributed by atoms with Gasteiger partial charge in [0.25, 0.3) is 10.0 Å². The van der Waals surface area contributed by atoms with Gasteiger partial charge in [0, 0.05) is 18.1 Å². The lowest BCUT2D eigenvalue weighted by atomic mass is 10.1. The summed E-state index contributed by atoms with van der Waals surface area (Å²) >= 11 is 12.1. The summed E-state index contributed by atoms with van der Waals surface area (Å²) in [5.41, 5.74) is -0.450. The van der Waals surface area contributed by atoms with E-state index in [1.807, 2.05) is 6.92 Å². The first-order valence-corrected chi connectivity index (χ1v) is 15.6. The second-order valence-electron chi connectivity index (χ2n) is 9.92. The van der Waals surface area contributed by atoms with E-state index in [0.717, 1.165) is 29.0 Å². The number of hydrogen-bond acceptors (Lipinski definition) is 4. The monoisotopic (exact) mass is 657 g/mol. The molecule has 3 aromatic carbocycles. The van der Waals surface area contributed by atoms with E-state index in [-0.39, 0.29) is 11.4 Å². The van der Waals surface area contributed by atoms with Crippen molar-refractivity contribution in [1.82, 2.24) is 10.2 Å². The van der Waals surface area contributed by atoms with Crippen LogP contribution in [0.2, 0.25) is 10.0 Å². The molecule has 0 saturated carbocycles. The lowest BCUT2D eigenvalue weighted by Crippen LogP contribution is -2.51. The molecule has 1 N–H and O–H groups in total. The number of sulfonamides is 1. The van der Waals surface area contributed by atoms with Crippen LogP contribution in [0.3, 0.4) is 0 Å². The summed E-state index contributed by atoms with van der Waals surface area (Å²) in [5.74, 6) is -1.31. The summed E-state index contributed by atoms with van der Waals surface area (Å²) < 4.78 is 69.6. The number of benzene rings is 3. The molecule has 0 spiro atoms. The highest BCUT2D eigenvalue weighted by Crippen LogP contribution is 2.38. The fraction of sp³-hybridized carbons (Fsp3) is 0.333. The number of unbranched alkanes of at least 4 members (excludes halogenated alkanes) is 1. The summed E-state index contributed by atoms with van der Waals surface area (Å²) in [6.07, 6.45) is -3.36. The Morgan fingerprint density at radius 3 is 2.23 bits per heavy atom. The number of nitrogens with one attached hydrogen (secondary N) is 1. The van der Waals surface area contributed by atoms with Gasteiger partial charge in [-0.05, 0) is 62.2 Å². The smallest absolute Gasteiger partial charge is 0.354 e. The van der Waals surface area contributed by atoms with Crippen molar-refractivity contribution in [3.8, 4) is 0 Å². The maximum absolute atomic E-state index is 13.9. The molecule has 2 amide bonds. The lowest BCUT2D eigenvalue weighted by Gasteiger charge is -2.32. The maximum atomic E-state index is 13.9. The Morgan fingerprint density at radius 1 is 0.977 bits per heavy atom. The van der Waals surface area contributed by atoms with Crippen LogP contribution < -0.4 is 9.62 Å². The molecular weight excluding hydrogens is 626 g/mol. The summed E-state index contributed by atoms with van der Waals surface area (Å²) in [6.45, 7) is 4.48. The van der Waals surface area contributed by atoms with Gasteiger partial charge in [0.05, 0.1) is 21.2 Å². The van der Waals surface area contributed by atoms with Gasteiger partial charge in [0.15, 0.2) is 0 Å². The minimum atomic E-state index is -4.89. The number of nitrogens with zero attached hydrogens (tertiary/aromatic N) is 2. The molecular formula is C30H32Cl2F3N3O4S. The van der Waals surface area contributed by atoms with Crippen molar-refractivity contribution < 1.29 is 31.2 Å². The Morgan fingerprint density at radius 2 is 1.63 bits per heavy atom. The second-order valence-corrected chi connectivity index (χ2v) is 12.6. The van der Waals surface area contributed by atoms with Crippen LogP contribution in [0.15, 0.2) is 71.6 Å². The molecule has 3 rings (SSSR count). The van der Waals surface area contributed by atoms with Crippen LogP contribution in [0.4, 0.5) is 18.9 Å². The molecule has 0 radical (unpaired) electrons. The normalized spacial score (nSPS) is 12.5. The number of carbonyl (C=O) groups is 2. The van der Waals surface area contributed by atoms with E-state index in [1.165, 1.54) is 31.2 Å². The molecule has 232 valence electrons. The van der Waals surface area contributed by atoms with Crippen LogP contribution >= 0.6 is 23.2 Å². The Kier molecular flexibility index (Phi) is 11.5. The third-order valence-corrected chi connectivity index (χ3v) is 9.21. The van der Waals surface area contributed by atoms with Crippen molar-refractivity contribution in [3.63, 3.8) is 0 Å². The van der Waals surface area contributed by atoms with Crippen LogP contribution in [0.1, 0.15) is 43.4 Å². The van der Waals surface area contributed by atoms with Crippen LogP contribution in [0.25, 0.3) is 0 Å². The first-order chi connectivity index (χ1) is 20.2. The molecule has 0 saturated heterocycles. The number of amides is 2. The number of carbonyl (C=O) groups excluding carboxylic acids is 2. The van der Waals surface area contributed by atoms with Crippen molar-refractivity contribution in [2.24, 2.45) is 0 Å². The average molecular weight is 659 g/mol. The molecule has 7 nitrogen and oxygen atoms in total. The highest BCUT2D eigenvalue weighted by Gasteiger charge is 2.37. The molecule has 3 aromatic rings. The van der Waals surface area contributed by atoms with Crippen LogP contribution in [-0.4, -0.2) is 44.3 Å². The largest absolute Gasteiger partial charge is 0.417 e. The molecule has 0 heterocycles.